The average Bonchev–Trinajstić information content (AvgIpc) is 2.39. The minimum Gasteiger partial charge on any atom is -0.322 e. The van der Waals surface area contributed by atoms with Crippen LogP contribution >= 0.6 is 23.2 Å². The second kappa shape index (κ2) is 5.47. The molecule has 0 fully saturated rings. The molecule has 2 unspecified atom stereocenters. The van der Waals surface area contributed by atoms with Crippen molar-refractivity contribution >= 4 is 23.2 Å². The molecular formula is C14H15Cl2N3. The van der Waals surface area contributed by atoms with Gasteiger partial charge in [-0.1, -0.05) is 41.4 Å². The predicted octanol–water partition coefficient (Wildman–Crippen LogP) is 3.26. The zero-order chi connectivity index (χ0) is 14.0. The van der Waals surface area contributed by atoms with Gasteiger partial charge in [-0.15, -0.1) is 0 Å². The topological polar surface area (TPSA) is 64.9 Å². The van der Waals surface area contributed by atoms with Crippen LogP contribution in [-0.4, -0.2) is 4.98 Å². The second-order valence-corrected chi connectivity index (χ2v) is 5.51. The van der Waals surface area contributed by atoms with Crippen LogP contribution in [0.25, 0.3) is 0 Å². The Labute approximate surface area is 122 Å². The van der Waals surface area contributed by atoms with E-state index in [-0.39, 0.29) is 6.04 Å². The quantitative estimate of drug-likeness (QED) is 0.854. The maximum atomic E-state index is 6.36. The van der Waals surface area contributed by atoms with E-state index in [4.69, 9.17) is 34.7 Å². The predicted molar refractivity (Wildman–Crippen MR) is 79.2 cm³/mol. The van der Waals surface area contributed by atoms with Gasteiger partial charge >= 0.3 is 0 Å². The van der Waals surface area contributed by atoms with Crippen molar-refractivity contribution in [2.75, 3.05) is 0 Å². The molecule has 0 radical (unpaired) electrons. The van der Waals surface area contributed by atoms with Crippen molar-refractivity contribution in [3.63, 3.8) is 0 Å². The lowest BCUT2D eigenvalue weighted by Crippen LogP contribution is -2.44. The molecule has 1 aromatic heterocycles. The molecule has 3 nitrogen and oxygen atoms in total. The Morgan fingerprint density at radius 2 is 1.74 bits per heavy atom. The molecule has 0 aliphatic carbocycles. The highest BCUT2D eigenvalue weighted by Gasteiger charge is 2.30. The van der Waals surface area contributed by atoms with Gasteiger partial charge in [-0.3, -0.25) is 0 Å². The number of benzene rings is 1. The highest BCUT2D eigenvalue weighted by molar-refractivity contribution is 6.30. The van der Waals surface area contributed by atoms with Crippen molar-refractivity contribution in [2.45, 2.75) is 18.5 Å². The monoisotopic (exact) mass is 295 g/mol. The Kier molecular flexibility index (Phi) is 4.11. The summed E-state index contributed by atoms with van der Waals surface area (Å²) in [7, 11) is 0. The van der Waals surface area contributed by atoms with E-state index in [1.165, 1.54) is 0 Å². The summed E-state index contributed by atoms with van der Waals surface area (Å²) in [6, 6.07) is 10.5. The third kappa shape index (κ3) is 3.07. The van der Waals surface area contributed by atoms with E-state index < -0.39 is 5.54 Å². The average molecular weight is 296 g/mol. The maximum Gasteiger partial charge on any atom is 0.129 e. The van der Waals surface area contributed by atoms with E-state index in [9.17, 15) is 0 Å². The molecule has 2 aromatic rings. The lowest BCUT2D eigenvalue weighted by molar-refractivity contribution is 0.396. The van der Waals surface area contributed by atoms with Crippen LogP contribution < -0.4 is 11.5 Å². The number of hydrogen-bond acceptors (Lipinski definition) is 3. The molecule has 4 N–H and O–H groups in total. The standard InChI is InChI=1S/C14H15Cl2N3/c1-14(18,10-4-7-12(16)19-8-10)13(17)9-2-5-11(15)6-3-9/h2-8,13H,17-18H2,1H3. The van der Waals surface area contributed by atoms with Crippen LogP contribution in [0, 0.1) is 0 Å². The molecule has 0 bridgehead atoms. The molecule has 0 amide bonds. The number of nitrogens with two attached hydrogens (primary N) is 2. The van der Waals surface area contributed by atoms with Crippen molar-refractivity contribution in [1.29, 1.82) is 0 Å². The van der Waals surface area contributed by atoms with Gasteiger partial charge in [0, 0.05) is 11.2 Å². The maximum absolute atomic E-state index is 6.36. The van der Waals surface area contributed by atoms with Crippen LogP contribution in [0.2, 0.25) is 10.2 Å². The molecule has 0 spiro atoms. The third-order valence-corrected chi connectivity index (χ3v) is 3.70. The molecule has 0 aliphatic heterocycles. The first-order valence-electron chi connectivity index (χ1n) is 5.83. The van der Waals surface area contributed by atoms with Crippen LogP contribution in [0.15, 0.2) is 42.6 Å². The normalized spacial score (nSPS) is 15.8. The molecule has 19 heavy (non-hydrogen) atoms. The van der Waals surface area contributed by atoms with Crippen LogP contribution in [0.1, 0.15) is 24.1 Å². The van der Waals surface area contributed by atoms with Crippen molar-refractivity contribution in [2.24, 2.45) is 11.5 Å². The Morgan fingerprint density at radius 1 is 1.11 bits per heavy atom. The van der Waals surface area contributed by atoms with Gasteiger partial charge in [-0.25, -0.2) is 4.98 Å². The summed E-state index contributed by atoms with van der Waals surface area (Å²) in [4.78, 5) is 4.04. The van der Waals surface area contributed by atoms with Crippen molar-refractivity contribution < 1.29 is 0 Å². The zero-order valence-corrected chi connectivity index (χ0v) is 12.0. The molecule has 1 aromatic carbocycles. The van der Waals surface area contributed by atoms with Crippen molar-refractivity contribution in [3.8, 4) is 0 Å². The van der Waals surface area contributed by atoms with E-state index >= 15 is 0 Å². The summed E-state index contributed by atoms with van der Waals surface area (Å²) in [5, 5.41) is 1.10. The van der Waals surface area contributed by atoms with Gasteiger partial charge in [0.1, 0.15) is 5.15 Å². The highest BCUT2D eigenvalue weighted by Crippen LogP contribution is 2.31. The largest absolute Gasteiger partial charge is 0.322 e. The van der Waals surface area contributed by atoms with Gasteiger partial charge in [0.05, 0.1) is 11.6 Å². The first kappa shape index (κ1) is 14.3. The van der Waals surface area contributed by atoms with Gasteiger partial charge in [-0.05, 0) is 36.2 Å². The molecule has 2 atom stereocenters. The lowest BCUT2D eigenvalue weighted by Gasteiger charge is -2.32. The van der Waals surface area contributed by atoms with E-state index in [0.717, 1.165) is 11.1 Å². The molecule has 5 heteroatoms. The van der Waals surface area contributed by atoms with Crippen LogP contribution in [0.3, 0.4) is 0 Å². The summed E-state index contributed by atoms with van der Waals surface area (Å²) in [5.41, 5.74) is 13.6. The summed E-state index contributed by atoms with van der Waals surface area (Å²) in [6.45, 7) is 1.87. The summed E-state index contributed by atoms with van der Waals surface area (Å²) >= 11 is 11.6. The number of nitrogens with zero attached hydrogens (tertiary/aromatic N) is 1. The van der Waals surface area contributed by atoms with Gasteiger partial charge < -0.3 is 11.5 Å². The summed E-state index contributed by atoms with van der Waals surface area (Å²) in [5.74, 6) is 0. The van der Waals surface area contributed by atoms with Crippen LogP contribution in [0.5, 0.6) is 0 Å². The molecule has 1 heterocycles. The van der Waals surface area contributed by atoms with Gasteiger partial charge in [0.15, 0.2) is 0 Å². The number of aromatic nitrogens is 1. The highest BCUT2D eigenvalue weighted by atomic mass is 35.5. The van der Waals surface area contributed by atoms with Crippen molar-refractivity contribution in [3.05, 3.63) is 63.9 Å². The second-order valence-electron chi connectivity index (χ2n) is 4.68. The van der Waals surface area contributed by atoms with Gasteiger partial charge in [0.2, 0.25) is 0 Å². The molecule has 100 valence electrons. The minimum atomic E-state index is -0.745. The third-order valence-electron chi connectivity index (χ3n) is 3.22. The molecule has 0 saturated carbocycles. The molecule has 0 saturated heterocycles. The number of halogens is 2. The van der Waals surface area contributed by atoms with Gasteiger partial charge in [0.25, 0.3) is 0 Å². The Morgan fingerprint density at radius 3 is 2.26 bits per heavy atom. The fraction of sp³-hybridized carbons (Fsp3) is 0.214. The Balaban J connectivity index is 2.32. The zero-order valence-electron chi connectivity index (χ0n) is 10.5. The first-order valence-corrected chi connectivity index (χ1v) is 6.59. The Hall–Kier alpha value is -1.13. The SMILES string of the molecule is CC(N)(c1ccc(Cl)nc1)C(N)c1ccc(Cl)cc1. The van der Waals surface area contributed by atoms with E-state index in [1.54, 1.807) is 24.4 Å². The summed E-state index contributed by atoms with van der Waals surface area (Å²) in [6.07, 6.45) is 1.65. The fourth-order valence-corrected chi connectivity index (χ4v) is 2.13. The van der Waals surface area contributed by atoms with Crippen LogP contribution in [-0.2, 0) is 5.54 Å². The van der Waals surface area contributed by atoms with Gasteiger partial charge in [-0.2, -0.15) is 0 Å². The smallest absolute Gasteiger partial charge is 0.129 e. The van der Waals surface area contributed by atoms with E-state index in [0.29, 0.717) is 10.2 Å². The van der Waals surface area contributed by atoms with Crippen LogP contribution in [0.4, 0.5) is 0 Å². The summed E-state index contributed by atoms with van der Waals surface area (Å²) < 4.78 is 0. The molecular weight excluding hydrogens is 281 g/mol. The minimum absolute atomic E-state index is 0.368. The number of hydrogen-bond donors (Lipinski definition) is 2. The fourth-order valence-electron chi connectivity index (χ4n) is 1.89. The Bertz CT molecular complexity index is 550. The molecule has 2 rings (SSSR count). The lowest BCUT2D eigenvalue weighted by atomic mass is 9.83. The number of rotatable bonds is 3. The van der Waals surface area contributed by atoms with E-state index in [1.807, 2.05) is 25.1 Å². The number of pyridine rings is 1. The van der Waals surface area contributed by atoms with E-state index in [2.05, 4.69) is 4.98 Å². The first-order chi connectivity index (χ1) is 8.91. The molecule has 0 aliphatic rings. The van der Waals surface area contributed by atoms with Crippen molar-refractivity contribution in [1.82, 2.24) is 4.98 Å².